The zero-order valence-corrected chi connectivity index (χ0v) is 20.1. The molecule has 2 nitrogen and oxygen atoms in total. The Morgan fingerprint density at radius 2 is 1.42 bits per heavy atom. The fourth-order valence-electron chi connectivity index (χ4n) is 4.63. The minimum absolute atomic E-state index is 0.0399. The zero-order valence-electron chi connectivity index (χ0n) is 20.1. The second kappa shape index (κ2) is 7.55. The van der Waals surface area contributed by atoms with Crippen molar-refractivity contribution in [2.45, 2.75) is 40.0 Å². The monoisotopic (exact) mass is 438 g/mol. The standard InChI is InChI=1S/C30H29FNO/c1-18-15-16-32(6)25(17-18)26-19(2)7-12-22-23-13-14-24(31)27(29(23)33-28(22)26)20-8-10-21(11-9-20)30(3,4)5/h7-17H,1-6H3/q+1. The Hall–Kier alpha value is -3.46. The first-order valence-electron chi connectivity index (χ1n) is 11.4. The fourth-order valence-corrected chi connectivity index (χ4v) is 4.63. The highest BCUT2D eigenvalue weighted by Crippen LogP contribution is 2.41. The third-order valence-electron chi connectivity index (χ3n) is 6.57. The Balaban J connectivity index is 1.81. The Morgan fingerprint density at radius 3 is 2.09 bits per heavy atom. The molecule has 3 aromatic carbocycles. The normalized spacial score (nSPS) is 12.1. The van der Waals surface area contributed by atoms with Gasteiger partial charge in [-0.1, -0.05) is 57.2 Å². The number of fused-ring (bicyclic) bond motifs is 3. The molecule has 33 heavy (non-hydrogen) atoms. The van der Waals surface area contributed by atoms with Gasteiger partial charge in [0.1, 0.15) is 24.0 Å². The highest BCUT2D eigenvalue weighted by Gasteiger charge is 2.23. The van der Waals surface area contributed by atoms with Crippen LogP contribution < -0.4 is 4.57 Å². The van der Waals surface area contributed by atoms with Gasteiger partial charge in [0.2, 0.25) is 5.69 Å². The van der Waals surface area contributed by atoms with Crippen LogP contribution in [0.1, 0.15) is 37.5 Å². The molecule has 0 fully saturated rings. The number of benzene rings is 3. The Labute approximate surface area is 194 Å². The summed E-state index contributed by atoms with van der Waals surface area (Å²) in [7, 11) is 2.04. The topological polar surface area (TPSA) is 17.0 Å². The van der Waals surface area contributed by atoms with Crippen LogP contribution in [0.25, 0.3) is 44.3 Å². The minimum atomic E-state index is -0.274. The number of halogens is 1. The summed E-state index contributed by atoms with van der Waals surface area (Å²) in [5, 5.41) is 1.93. The van der Waals surface area contributed by atoms with Gasteiger partial charge in [0.25, 0.3) is 0 Å². The number of hydrogen-bond acceptors (Lipinski definition) is 1. The van der Waals surface area contributed by atoms with E-state index < -0.39 is 0 Å². The summed E-state index contributed by atoms with van der Waals surface area (Å²) in [5.41, 5.74) is 8.41. The summed E-state index contributed by atoms with van der Waals surface area (Å²) in [6.07, 6.45) is 2.06. The Kier molecular flexibility index (Phi) is 4.89. The first kappa shape index (κ1) is 21.4. The summed E-state index contributed by atoms with van der Waals surface area (Å²) < 4.78 is 23.9. The molecule has 0 bridgehead atoms. The highest BCUT2D eigenvalue weighted by molar-refractivity contribution is 6.13. The molecule has 0 aliphatic rings. The van der Waals surface area contributed by atoms with E-state index in [1.165, 1.54) is 11.1 Å². The molecule has 0 spiro atoms. The maximum absolute atomic E-state index is 15.2. The van der Waals surface area contributed by atoms with Gasteiger partial charge in [-0.05, 0) is 53.6 Å². The van der Waals surface area contributed by atoms with E-state index in [2.05, 4.69) is 81.8 Å². The molecule has 0 aliphatic heterocycles. The lowest BCUT2D eigenvalue weighted by molar-refractivity contribution is -0.660. The predicted octanol–water partition coefficient (Wildman–Crippen LogP) is 7.80. The van der Waals surface area contributed by atoms with E-state index in [0.717, 1.165) is 38.7 Å². The minimum Gasteiger partial charge on any atom is -0.454 e. The van der Waals surface area contributed by atoms with E-state index >= 15 is 4.39 Å². The average molecular weight is 439 g/mol. The van der Waals surface area contributed by atoms with Gasteiger partial charge in [-0.2, -0.15) is 0 Å². The summed E-state index contributed by atoms with van der Waals surface area (Å²) in [4.78, 5) is 0. The molecule has 0 aliphatic carbocycles. The molecule has 0 amide bonds. The largest absolute Gasteiger partial charge is 0.454 e. The molecule has 2 aromatic heterocycles. The predicted molar refractivity (Wildman–Crippen MR) is 134 cm³/mol. The van der Waals surface area contributed by atoms with Crippen molar-refractivity contribution >= 4 is 21.9 Å². The van der Waals surface area contributed by atoms with Gasteiger partial charge >= 0.3 is 0 Å². The molecule has 0 saturated heterocycles. The van der Waals surface area contributed by atoms with E-state index in [0.29, 0.717) is 11.1 Å². The average Bonchev–Trinajstić information content (AvgIpc) is 3.13. The van der Waals surface area contributed by atoms with Crippen molar-refractivity contribution in [2.24, 2.45) is 7.05 Å². The molecule has 0 atom stereocenters. The SMILES string of the molecule is Cc1cc[n+](C)c(-c2c(C)ccc3c2oc2c(-c4ccc(C(C)(C)C)cc4)c(F)ccc23)c1. The Morgan fingerprint density at radius 1 is 0.788 bits per heavy atom. The van der Waals surface area contributed by atoms with Crippen LogP contribution in [0.2, 0.25) is 0 Å². The number of pyridine rings is 1. The molecule has 0 N–H and O–H groups in total. The summed E-state index contributed by atoms with van der Waals surface area (Å²) >= 11 is 0. The number of nitrogens with zero attached hydrogens (tertiary/aromatic N) is 1. The molecule has 0 saturated carbocycles. The summed E-state index contributed by atoms with van der Waals surface area (Å²) in [5.74, 6) is -0.274. The second-order valence-electron chi connectivity index (χ2n) is 10.1. The van der Waals surface area contributed by atoms with Gasteiger partial charge in [0.15, 0.2) is 6.20 Å². The molecule has 5 rings (SSSR count). The third kappa shape index (κ3) is 3.52. The zero-order chi connectivity index (χ0) is 23.5. The number of rotatable bonds is 2. The second-order valence-corrected chi connectivity index (χ2v) is 10.1. The maximum Gasteiger partial charge on any atom is 0.216 e. The van der Waals surface area contributed by atoms with Crippen molar-refractivity contribution in [1.82, 2.24) is 0 Å². The van der Waals surface area contributed by atoms with Crippen molar-refractivity contribution in [1.29, 1.82) is 0 Å². The van der Waals surface area contributed by atoms with Gasteiger partial charge in [0, 0.05) is 22.9 Å². The van der Waals surface area contributed by atoms with E-state index in [1.807, 2.05) is 25.2 Å². The summed E-state index contributed by atoms with van der Waals surface area (Å²) in [6, 6.07) is 20.0. The lowest BCUT2D eigenvalue weighted by Crippen LogP contribution is -2.30. The van der Waals surface area contributed by atoms with E-state index in [4.69, 9.17) is 4.42 Å². The third-order valence-corrected chi connectivity index (χ3v) is 6.57. The van der Waals surface area contributed by atoms with Gasteiger partial charge in [-0.3, -0.25) is 0 Å². The number of furan rings is 1. The van der Waals surface area contributed by atoms with Crippen LogP contribution in [-0.4, -0.2) is 0 Å². The first-order valence-corrected chi connectivity index (χ1v) is 11.4. The molecule has 0 unspecified atom stereocenters. The van der Waals surface area contributed by atoms with Crippen LogP contribution in [0.3, 0.4) is 0 Å². The van der Waals surface area contributed by atoms with E-state index in [9.17, 15) is 0 Å². The van der Waals surface area contributed by atoms with Crippen molar-refractivity contribution in [3.8, 4) is 22.4 Å². The quantitative estimate of drug-likeness (QED) is 0.257. The fraction of sp³-hybridized carbons (Fsp3) is 0.233. The number of aromatic nitrogens is 1. The summed E-state index contributed by atoms with van der Waals surface area (Å²) in [6.45, 7) is 10.7. The number of hydrogen-bond donors (Lipinski definition) is 0. The van der Waals surface area contributed by atoms with Crippen LogP contribution in [0.15, 0.2) is 71.3 Å². The lowest BCUT2D eigenvalue weighted by atomic mass is 9.86. The van der Waals surface area contributed by atoms with E-state index in [1.54, 1.807) is 6.07 Å². The molecular formula is C30H29FNO+. The smallest absolute Gasteiger partial charge is 0.216 e. The van der Waals surface area contributed by atoms with Crippen LogP contribution in [0.5, 0.6) is 0 Å². The van der Waals surface area contributed by atoms with Gasteiger partial charge in [-0.25, -0.2) is 8.96 Å². The molecule has 5 aromatic rings. The van der Waals surface area contributed by atoms with Crippen molar-refractivity contribution in [2.75, 3.05) is 0 Å². The van der Waals surface area contributed by atoms with Crippen LogP contribution >= 0.6 is 0 Å². The molecule has 0 radical (unpaired) electrons. The maximum atomic E-state index is 15.2. The first-order chi connectivity index (χ1) is 15.6. The Bertz CT molecular complexity index is 1520. The van der Waals surface area contributed by atoms with Crippen molar-refractivity contribution < 1.29 is 13.4 Å². The highest BCUT2D eigenvalue weighted by atomic mass is 19.1. The van der Waals surface area contributed by atoms with E-state index in [-0.39, 0.29) is 11.2 Å². The molecular weight excluding hydrogens is 409 g/mol. The van der Waals surface area contributed by atoms with Crippen molar-refractivity contribution in [3.63, 3.8) is 0 Å². The number of aryl methyl sites for hydroxylation is 3. The van der Waals surface area contributed by atoms with Gasteiger partial charge < -0.3 is 4.42 Å². The van der Waals surface area contributed by atoms with Gasteiger partial charge in [-0.15, -0.1) is 0 Å². The molecule has 2 heterocycles. The van der Waals surface area contributed by atoms with Crippen LogP contribution in [-0.2, 0) is 12.5 Å². The van der Waals surface area contributed by atoms with Crippen LogP contribution in [0.4, 0.5) is 4.39 Å². The van der Waals surface area contributed by atoms with Crippen LogP contribution in [0, 0.1) is 19.7 Å². The van der Waals surface area contributed by atoms with Gasteiger partial charge in [0.05, 0.1) is 11.1 Å². The molecule has 166 valence electrons. The van der Waals surface area contributed by atoms with Crippen molar-refractivity contribution in [3.05, 3.63) is 89.4 Å². The lowest BCUT2D eigenvalue weighted by Gasteiger charge is -2.19. The molecule has 3 heteroatoms.